The van der Waals surface area contributed by atoms with Gasteiger partial charge in [0.15, 0.2) is 0 Å². The molecule has 5 rings (SSSR count). The lowest BCUT2D eigenvalue weighted by atomic mass is 10.0. The highest BCUT2D eigenvalue weighted by molar-refractivity contribution is 6.34. The maximum absolute atomic E-state index is 13.0. The summed E-state index contributed by atoms with van der Waals surface area (Å²) in [5, 5.41) is 0.327. The molecular formula is C21H19ClN4O3. The quantitative estimate of drug-likeness (QED) is 0.770. The molecule has 0 bridgehead atoms. The number of rotatable bonds is 2. The topological polar surface area (TPSA) is 85.8 Å². The second-order valence-electron chi connectivity index (χ2n) is 7.81. The zero-order valence-electron chi connectivity index (χ0n) is 15.9. The molecule has 1 saturated heterocycles. The number of imide groups is 1. The number of likely N-dealkylation sites (tertiary alicyclic amines) is 1. The first kappa shape index (κ1) is 18.3. The van der Waals surface area contributed by atoms with Gasteiger partial charge in [0.2, 0.25) is 0 Å². The monoisotopic (exact) mass is 410 g/mol. The summed E-state index contributed by atoms with van der Waals surface area (Å²) in [7, 11) is 2.04. The highest BCUT2D eigenvalue weighted by Gasteiger charge is 2.41. The predicted octanol–water partition coefficient (Wildman–Crippen LogP) is 2.40. The van der Waals surface area contributed by atoms with Crippen LogP contribution in [0.3, 0.4) is 0 Å². The molecule has 148 valence electrons. The van der Waals surface area contributed by atoms with Crippen LogP contribution in [0.15, 0.2) is 34.2 Å². The molecule has 0 atom stereocenters. The molecular weight excluding hydrogens is 392 g/mol. The average molecular weight is 411 g/mol. The Bertz CT molecular complexity index is 1150. The molecule has 3 aliphatic heterocycles. The predicted molar refractivity (Wildman–Crippen MR) is 109 cm³/mol. The molecule has 0 radical (unpaired) electrons. The Morgan fingerprint density at radius 1 is 1.10 bits per heavy atom. The van der Waals surface area contributed by atoms with Gasteiger partial charge in [-0.15, -0.1) is 0 Å². The van der Waals surface area contributed by atoms with Crippen LogP contribution in [-0.4, -0.2) is 58.5 Å². The standard InChI is InChI=1S/C21H19ClN4O3/c1-25-6-3-12(4-7-25)26-20(28)13-8-11-9-17(18-15(22)2-5-23-19(18)27)24-16(11)10-14(13)21(26)29/h2,5,8,10,12H,3-4,6-7,9H2,1H3,(H,23,27). The van der Waals surface area contributed by atoms with Crippen molar-refractivity contribution < 1.29 is 9.59 Å². The number of nitrogens with zero attached hydrogens (tertiary/aromatic N) is 3. The van der Waals surface area contributed by atoms with Crippen molar-refractivity contribution in [1.82, 2.24) is 14.8 Å². The molecule has 1 aromatic carbocycles. The van der Waals surface area contributed by atoms with E-state index in [4.69, 9.17) is 11.6 Å². The first-order valence-electron chi connectivity index (χ1n) is 9.62. The van der Waals surface area contributed by atoms with Gasteiger partial charge >= 0.3 is 0 Å². The zero-order chi connectivity index (χ0) is 20.3. The Morgan fingerprint density at radius 2 is 1.79 bits per heavy atom. The first-order chi connectivity index (χ1) is 13.9. The highest BCUT2D eigenvalue weighted by Crippen LogP contribution is 2.37. The van der Waals surface area contributed by atoms with E-state index in [1.54, 1.807) is 18.2 Å². The van der Waals surface area contributed by atoms with Crippen LogP contribution in [0.4, 0.5) is 5.69 Å². The van der Waals surface area contributed by atoms with Crippen LogP contribution >= 0.6 is 11.6 Å². The van der Waals surface area contributed by atoms with Crippen LogP contribution in [0, 0.1) is 0 Å². The molecule has 2 aromatic rings. The summed E-state index contributed by atoms with van der Waals surface area (Å²) in [6.07, 6.45) is 3.46. The van der Waals surface area contributed by atoms with Gasteiger partial charge in [-0.3, -0.25) is 24.3 Å². The van der Waals surface area contributed by atoms with Gasteiger partial charge in [0.25, 0.3) is 17.4 Å². The van der Waals surface area contributed by atoms with Crippen LogP contribution in [0.1, 0.15) is 44.7 Å². The molecule has 1 N–H and O–H groups in total. The lowest BCUT2D eigenvalue weighted by molar-refractivity contribution is 0.0516. The summed E-state index contributed by atoms with van der Waals surface area (Å²) in [4.78, 5) is 49.0. The summed E-state index contributed by atoms with van der Waals surface area (Å²) in [6, 6.07) is 4.98. The molecule has 0 saturated carbocycles. The molecule has 3 aliphatic rings. The number of amides is 2. The summed E-state index contributed by atoms with van der Waals surface area (Å²) in [6.45, 7) is 1.74. The smallest absolute Gasteiger partial charge is 0.261 e. The van der Waals surface area contributed by atoms with E-state index in [0.717, 1.165) is 31.5 Å². The van der Waals surface area contributed by atoms with E-state index >= 15 is 0 Å². The third kappa shape index (κ3) is 2.84. The van der Waals surface area contributed by atoms with Gasteiger partial charge in [0.05, 0.1) is 33.1 Å². The van der Waals surface area contributed by atoms with Crippen molar-refractivity contribution in [3.63, 3.8) is 0 Å². The van der Waals surface area contributed by atoms with Crippen LogP contribution in [-0.2, 0) is 6.42 Å². The van der Waals surface area contributed by atoms with Gasteiger partial charge < -0.3 is 9.88 Å². The van der Waals surface area contributed by atoms with Gasteiger partial charge in [0.1, 0.15) is 0 Å². The summed E-state index contributed by atoms with van der Waals surface area (Å²) < 4.78 is 0. The number of hydrogen-bond acceptors (Lipinski definition) is 5. The lowest BCUT2D eigenvalue weighted by Gasteiger charge is -2.33. The molecule has 1 aromatic heterocycles. The highest BCUT2D eigenvalue weighted by atomic mass is 35.5. The summed E-state index contributed by atoms with van der Waals surface area (Å²) >= 11 is 6.20. The van der Waals surface area contributed by atoms with E-state index in [0.29, 0.717) is 39.5 Å². The Hall–Kier alpha value is -2.77. The minimum atomic E-state index is -0.308. The number of piperidine rings is 1. The number of H-pyrrole nitrogens is 1. The van der Waals surface area contributed by atoms with E-state index in [9.17, 15) is 14.4 Å². The largest absolute Gasteiger partial charge is 0.328 e. The number of nitrogens with one attached hydrogen (secondary N) is 1. The van der Waals surface area contributed by atoms with Gasteiger partial charge in [-0.05, 0) is 56.7 Å². The third-order valence-corrected chi connectivity index (χ3v) is 6.30. The number of carbonyl (C=O) groups is 2. The van der Waals surface area contributed by atoms with E-state index in [-0.39, 0.29) is 23.4 Å². The molecule has 4 heterocycles. The number of aromatic amines is 1. The molecule has 0 aliphatic carbocycles. The van der Waals surface area contributed by atoms with Crippen molar-refractivity contribution in [2.45, 2.75) is 25.3 Å². The van der Waals surface area contributed by atoms with Crippen molar-refractivity contribution in [2.24, 2.45) is 4.99 Å². The fourth-order valence-corrected chi connectivity index (χ4v) is 4.66. The summed E-state index contributed by atoms with van der Waals surface area (Å²) in [5.41, 5.74) is 2.83. The number of halogens is 1. The van der Waals surface area contributed by atoms with E-state index in [1.165, 1.54) is 11.1 Å². The number of carbonyl (C=O) groups excluding carboxylic acids is 2. The fraction of sp³-hybridized carbons (Fsp3) is 0.333. The maximum atomic E-state index is 13.0. The number of aromatic nitrogens is 1. The Morgan fingerprint density at radius 3 is 2.48 bits per heavy atom. The minimum Gasteiger partial charge on any atom is -0.328 e. The molecule has 29 heavy (non-hydrogen) atoms. The molecule has 8 heteroatoms. The second-order valence-corrected chi connectivity index (χ2v) is 8.21. The molecule has 7 nitrogen and oxygen atoms in total. The third-order valence-electron chi connectivity index (χ3n) is 5.98. The van der Waals surface area contributed by atoms with Crippen LogP contribution in [0.5, 0.6) is 0 Å². The Kier molecular flexibility index (Phi) is 4.18. The van der Waals surface area contributed by atoms with Crippen molar-refractivity contribution >= 4 is 34.8 Å². The van der Waals surface area contributed by atoms with Crippen LogP contribution in [0.2, 0.25) is 5.02 Å². The van der Waals surface area contributed by atoms with E-state index in [1.807, 2.05) is 7.05 Å². The molecule has 0 unspecified atom stereocenters. The van der Waals surface area contributed by atoms with Crippen molar-refractivity contribution in [3.8, 4) is 0 Å². The molecule has 2 amide bonds. The molecule has 0 spiro atoms. The Labute approximate surface area is 172 Å². The van der Waals surface area contributed by atoms with Gasteiger partial charge in [-0.1, -0.05) is 11.6 Å². The normalized spacial score (nSPS) is 19.5. The minimum absolute atomic E-state index is 0.0609. The maximum Gasteiger partial charge on any atom is 0.261 e. The Balaban J connectivity index is 1.49. The number of aliphatic imine (C=N–C) groups is 1. The van der Waals surface area contributed by atoms with Crippen LogP contribution < -0.4 is 5.56 Å². The number of fused-ring (bicyclic) bond motifs is 2. The van der Waals surface area contributed by atoms with Crippen molar-refractivity contribution in [3.05, 3.63) is 62.0 Å². The fourth-order valence-electron chi connectivity index (χ4n) is 4.40. The van der Waals surface area contributed by atoms with Gasteiger partial charge in [-0.25, -0.2) is 0 Å². The number of hydrogen-bond donors (Lipinski definition) is 1. The van der Waals surface area contributed by atoms with E-state index in [2.05, 4.69) is 14.9 Å². The number of pyridine rings is 1. The van der Waals surface area contributed by atoms with Gasteiger partial charge in [0, 0.05) is 18.7 Å². The second kappa shape index (κ2) is 6.64. The zero-order valence-corrected chi connectivity index (χ0v) is 16.6. The van der Waals surface area contributed by atoms with Crippen LogP contribution in [0.25, 0.3) is 0 Å². The lowest BCUT2D eigenvalue weighted by Crippen LogP contribution is -2.46. The van der Waals surface area contributed by atoms with Crippen molar-refractivity contribution in [2.75, 3.05) is 20.1 Å². The SMILES string of the molecule is CN1CCC(N2C(=O)c3cc4c(cc3C2=O)N=C(c2c(Cl)cc[nH]c2=O)C4)CC1. The van der Waals surface area contributed by atoms with Gasteiger partial charge in [-0.2, -0.15) is 0 Å². The average Bonchev–Trinajstić information content (AvgIpc) is 3.20. The first-order valence-corrected chi connectivity index (χ1v) is 10.0. The van der Waals surface area contributed by atoms with Crippen molar-refractivity contribution in [1.29, 1.82) is 0 Å². The summed E-state index contributed by atoms with van der Waals surface area (Å²) in [5.74, 6) is -0.479. The number of benzene rings is 1. The molecule has 1 fully saturated rings. The van der Waals surface area contributed by atoms with E-state index < -0.39 is 0 Å².